The number of hydrogen-bond acceptors (Lipinski definition) is 1. The Labute approximate surface area is 102 Å². The Morgan fingerprint density at radius 3 is 2.29 bits per heavy atom. The van der Waals surface area contributed by atoms with Gasteiger partial charge in [-0.2, -0.15) is 0 Å². The van der Waals surface area contributed by atoms with Crippen molar-refractivity contribution in [2.45, 2.75) is 13.3 Å². The third kappa shape index (κ3) is 3.45. The molecule has 2 aromatic carbocycles. The molecule has 0 unspecified atom stereocenters. The van der Waals surface area contributed by atoms with E-state index in [-0.39, 0.29) is 0 Å². The Morgan fingerprint density at radius 2 is 1.65 bits per heavy atom. The summed E-state index contributed by atoms with van der Waals surface area (Å²) in [7, 11) is 0. The fourth-order valence-corrected chi connectivity index (χ4v) is 1.63. The maximum absolute atomic E-state index is 5.93. The van der Waals surface area contributed by atoms with Crippen molar-refractivity contribution >= 4 is 11.5 Å². The predicted molar refractivity (Wildman–Crippen MR) is 72.6 cm³/mol. The average Bonchev–Trinajstić information content (AvgIpc) is 2.33. The Hall–Kier alpha value is -2.09. The molecule has 86 valence electrons. The standard InChI is InChI=1S/C15H16N2/c1-12-7-9-14(10-8-12)17-15(16)11-13-5-3-2-4-6-13/h2-10H,11H2,1H3,(H2,16,17). The molecule has 0 fully saturated rings. The van der Waals surface area contributed by atoms with Crippen molar-refractivity contribution in [1.82, 2.24) is 0 Å². The van der Waals surface area contributed by atoms with Crippen LogP contribution in [-0.2, 0) is 6.42 Å². The lowest BCUT2D eigenvalue weighted by Crippen LogP contribution is -2.14. The van der Waals surface area contributed by atoms with Crippen LogP contribution in [0, 0.1) is 6.92 Å². The van der Waals surface area contributed by atoms with Gasteiger partial charge in [-0.3, -0.25) is 0 Å². The summed E-state index contributed by atoms with van der Waals surface area (Å²) < 4.78 is 0. The topological polar surface area (TPSA) is 38.4 Å². The number of rotatable bonds is 3. The largest absolute Gasteiger partial charge is 0.387 e. The summed E-state index contributed by atoms with van der Waals surface area (Å²) in [4.78, 5) is 4.39. The molecule has 2 rings (SSSR count). The molecule has 2 N–H and O–H groups in total. The summed E-state index contributed by atoms with van der Waals surface area (Å²) in [5.74, 6) is 0.639. The first-order valence-corrected chi connectivity index (χ1v) is 5.68. The summed E-state index contributed by atoms with van der Waals surface area (Å²) in [5, 5.41) is 0. The molecule has 0 heterocycles. The highest BCUT2D eigenvalue weighted by Gasteiger charge is 1.96. The third-order valence-corrected chi connectivity index (χ3v) is 2.53. The second-order valence-corrected chi connectivity index (χ2v) is 4.10. The molecule has 2 nitrogen and oxygen atoms in total. The Morgan fingerprint density at radius 1 is 1.00 bits per heavy atom. The van der Waals surface area contributed by atoms with E-state index in [0.717, 1.165) is 5.69 Å². The van der Waals surface area contributed by atoms with Gasteiger partial charge in [-0.25, -0.2) is 4.99 Å². The summed E-state index contributed by atoms with van der Waals surface area (Å²) in [6, 6.07) is 18.2. The molecule has 0 spiro atoms. The lowest BCUT2D eigenvalue weighted by Gasteiger charge is -2.01. The molecule has 0 saturated heterocycles. The molecule has 0 amide bonds. The molecule has 17 heavy (non-hydrogen) atoms. The fraction of sp³-hybridized carbons (Fsp3) is 0.133. The first-order chi connectivity index (χ1) is 8.24. The highest BCUT2D eigenvalue weighted by atomic mass is 14.9. The monoisotopic (exact) mass is 224 g/mol. The fourth-order valence-electron chi connectivity index (χ4n) is 1.63. The number of nitrogens with two attached hydrogens (primary N) is 1. The number of aliphatic imine (C=N–C) groups is 1. The first kappa shape index (κ1) is 11.4. The quantitative estimate of drug-likeness (QED) is 0.631. The van der Waals surface area contributed by atoms with Crippen LogP contribution in [0.5, 0.6) is 0 Å². The molecule has 0 aliphatic rings. The van der Waals surface area contributed by atoms with Gasteiger partial charge < -0.3 is 5.73 Å². The van der Waals surface area contributed by atoms with Crippen LogP contribution in [0.25, 0.3) is 0 Å². The molecular weight excluding hydrogens is 208 g/mol. The summed E-state index contributed by atoms with van der Waals surface area (Å²) in [5.41, 5.74) is 9.24. The van der Waals surface area contributed by atoms with E-state index < -0.39 is 0 Å². The SMILES string of the molecule is Cc1ccc(N=C(N)Cc2ccccc2)cc1. The van der Waals surface area contributed by atoms with Crippen molar-refractivity contribution in [3.63, 3.8) is 0 Å². The highest BCUT2D eigenvalue weighted by Crippen LogP contribution is 2.12. The number of benzene rings is 2. The summed E-state index contributed by atoms with van der Waals surface area (Å²) >= 11 is 0. The van der Waals surface area contributed by atoms with E-state index in [1.165, 1.54) is 11.1 Å². The van der Waals surface area contributed by atoms with Gasteiger partial charge in [0.1, 0.15) is 5.84 Å². The van der Waals surface area contributed by atoms with Crippen molar-refractivity contribution in [2.75, 3.05) is 0 Å². The minimum absolute atomic E-state index is 0.639. The maximum Gasteiger partial charge on any atom is 0.104 e. The van der Waals surface area contributed by atoms with Crippen LogP contribution in [0.15, 0.2) is 59.6 Å². The van der Waals surface area contributed by atoms with Crippen LogP contribution >= 0.6 is 0 Å². The van der Waals surface area contributed by atoms with Crippen molar-refractivity contribution in [1.29, 1.82) is 0 Å². The van der Waals surface area contributed by atoms with E-state index in [0.29, 0.717) is 12.3 Å². The van der Waals surface area contributed by atoms with Crippen molar-refractivity contribution in [2.24, 2.45) is 10.7 Å². The normalized spacial score (nSPS) is 11.5. The zero-order valence-electron chi connectivity index (χ0n) is 9.93. The van der Waals surface area contributed by atoms with E-state index in [4.69, 9.17) is 5.73 Å². The second kappa shape index (κ2) is 5.30. The van der Waals surface area contributed by atoms with Gasteiger partial charge >= 0.3 is 0 Å². The minimum atomic E-state index is 0.639. The summed E-state index contributed by atoms with van der Waals surface area (Å²) in [6.45, 7) is 2.06. The minimum Gasteiger partial charge on any atom is -0.387 e. The van der Waals surface area contributed by atoms with Gasteiger partial charge in [0.15, 0.2) is 0 Å². The van der Waals surface area contributed by atoms with Crippen molar-refractivity contribution in [3.05, 3.63) is 65.7 Å². The van der Waals surface area contributed by atoms with Crippen LogP contribution in [-0.4, -0.2) is 5.84 Å². The Balaban J connectivity index is 2.09. The molecule has 0 aliphatic heterocycles. The molecule has 2 aromatic rings. The Kier molecular flexibility index (Phi) is 3.55. The van der Waals surface area contributed by atoms with Gasteiger partial charge in [-0.05, 0) is 24.6 Å². The van der Waals surface area contributed by atoms with Gasteiger partial charge in [0.2, 0.25) is 0 Å². The number of amidine groups is 1. The average molecular weight is 224 g/mol. The number of nitrogens with zero attached hydrogens (tertiary/aromatic N) is 1. The number of hydrogen-bond donors (Lipinski definition) is 1. The highest BCUT2D eigenvalue weighted by molar-refractivity contribution is 5.85. The molecule has 0 aliphatic carbocycles. The van der Waals surface area contributed by atoms with Crippen LogP contribution in [0.2, 0.25) is 0 Å². The van der Waals surface area contributed by atoms with Crippen LogP contribution in [0.4, 0.5) is 5.69 Å². The zero-order chi connectivity index (χ0) is 12.1. The van der Waals surface area contributed by atoms with E-state index >= 15 is 0 Å². The van der Waals surface area contributed by atoms with Gasteiger partial charge in [0.05, 0.1) is 5.69 Å². The second-order valence-electron chi connectivity index (χ2n) is 4.10. The molecule has 0 bridgehead atoms. The van der Waals surface area contributed by atoms with E-state index in [1.807, 2.05) is 42.5 Å². The van der Waals surface area contributed by atoms with Gasteiger partial charge in [-0.15, -0.1) is 0 Å². The van der Waals surface area contributed by atoms with E-state index in [1.54, 1.807) is 0 Å². The summed E-state index contributed by atoms with van der Waals surface area (Å²) in [6.07, 6.45) is 0.689. The van der Waals surface area contributed by atoms with Gasteiger partial charge in [0.25, 0.3) is 0 Å². The van der Waals surface area contributed by atoms with Crippen LogP contribution in [0.1, 0.15) is 11.1 Å². The smallest absolute Gasteiger partial charge is 0.104 e. The Bertz CT molecular complexity index is 498. The van der Waals surface area contributed by atoms with E-state index in [2.05, 4.69) is 24.0 Å². The van der Waals surface area contributed by atoms with Crippen molar-refractivity contribution in [3.8, 4) is 0 Å². The lowest BCUT2D eigenvalue weighted by atomic mass is 10.1. The first-order valence-electron chi connectivity index (χ1n) is 5.68. The molecule has 0 radical (unpaired) electrons. The predicted octanol–water partition coefficient (Wildman–Crippen LogP) is 3.23. The van der Waals surface area contributed by atoms with Crippen LogP contribution in [0.3, 0.4) is 0 Å². The number of aryl methyl sites for hydroxylation is 1. The van der Waals surface area contributed by atoms with Gasteiger partial charge in [0, 0.05) is 6.42 Å². The third-order valence-electron chi connectivity index (χ3n) is 2.53. The van der Waals surface area contributed by atoms with Crippen LogP contribution < -0.4 is 5.73 Å². The molecule has 2 heteroatoms. The molecule has 0 saturated carbocycles. The zero-order valence-corrected chi connectivity index (χ0v) is 9.93. The maximum atomic E-state index is 5.93. The van der Waals surface area contributed by atoms with Gasteiger partial charge in [-0.1, -0.05) is 48.0 Å². The van der Waals surface area contributed by atoms with E-state index in [9.17, 15) is 0 Å². The lowest BCUT2D eigenvalue weighted by molar-refractivity contribution is 1.27. The molecule has 0 aromatic heterocycles. The molecular formula is C15H16N2. The molecule has 0 atom stereocenters. The van der Waals surface area contributed by atoms with Crippen molar-refractivity contribution < 1.29 is 0 Å².